The summed E-state index contributed by atoms with van der Waals surface area (Å²) in [4.78, 5) is 27.1. The fourth-order valence-corrected chi connectivity index (χ4v) is 3.59. The second-order valence-electron chi connectivity index (χ2n) is 7.67. The van der Waals surface area contributed by atoms with Crippen LogP contribution >= 0.6 is 0 Å². The van der Waals surface area contributed by atoms with Gasteiger partial charge in [0.2, 0.25) is 0 Å². The lowest BCUT2D eigenvalue weighted by Gasteiger charge is -2.30. The number of amides is 1. The molecule has 0 bridgehead atoms. The van der Waals surface area contributed by atoms with Crippen LogP contribution in [0.3, 0.4) is 0 Å². The zero-order valence-corrected chi connectivity index (χ0v) is 17.0. The molecule has 3 aromatic rings. The molecule has 1 aliphatic rings. The van der Waals surface area contributed by atoms with Crippen LogP contribution in [0.25, 0.3) is 16.9 Å². The van der Waals surface area contributed by atoms with Crippen LogP contribution in [-0.2, 0) is 9.53 Å². The Hall–Kier alpha value is -3.41. The summed E-state index contributed by atoms with van der Waals surface area (Å²) < 4.78 is 6.96. The highest BCUT2D eigenvalue weighted by Crippen LogP contribution is 2.22. The molecule has 1 aromatic heterocycles. The molecular weight excluding hydrogens is 378 g/mol. The Morgan fingerprint density at radius 1 is 1.00 bits per heavy atom. The van der Waals surface area contributed by atoms with Crippen LogP contribution in [0.15, 0.2) is 66.7 Å². The number of esters is 1. The summed E-state index contributed by atoms with van der Waals surface area (Å²) in [5, 5.41) is 4.62. The highest BCUT2D eigenvalue weighted by atomic mass is 16.5. The molecule has 0 aliphatic carbocycles. The van der Waals surface area contributed by atoms with E-state index >= 15 is 0 Å². The third-order valence-electron chi connectivity index (χ3n) is 5.45. The van der Waals surface area contributed by atoms with Crippen LogP contribution in [-0.4, -0.2) is 46.3 Å². The molecule has 1 saturated heterocycles. The van der Waals surface area contributed by atoms with E-state index < -0.39 is 5.97 Å². The molecule has 6 heteroatoms. The smallest absolute Gasteiger partial charge is 0.357 e. The van der Waals surface area contributed by atoms with Crippen LogP contribution in [0.1, 0.15) is 30.3 Å². The van der Waals surface area contributed by atoms with Gasteiger partial charge in [-0.05, 0) is 37.0 Å². The van der Waals surface area contributed by atoms with Crippen molar-refractivity contribution in [3.63, 3.8) is 0 Å². The number of ether oxygens (including phenoxy) is 1. The number of piperidine rings is 1. The molecule has 2 heterocycles. The average molecular weight is 403 g/mol. The SMILES string of the molecule is CC1CCN(C(=O)COC(=O)c2cc(-c3ccccc3)nn2-c2ccccc2)CC1. The quantitative estimate of drug-likeness (QED) is 0.605. The average Bonchev–Trinajstić information content (AvgIpc) is 3.25. The molecular formula is C24H25N3O3. The zero-order valence-electron chi connectivity index (χ0n) is 17.0. The van der Waals surface area contributed by atoms with Crippen molar-refractivity contribution in [2.75, 3.05) is 19.7 Å². The number of likely N-dealkylation sites (tertiary alicyclic amines) is 1. The highest BCUT2D eigenvalue weighted by Gasteiger charge is 2.23. The standard InChI is InChI=1S/C24H25N3O3/c1-18-12-14-26(15-13-18)23(28)17-30-24(29)22-16-21(19-8-4-2-5-9-19)25-27(22)20-10-6-3-7-11-20/h2-11,16,18H,12-15,17H2,1H3. The minimum Gasteiger partial charge on any atom is -0.451 e. The molecule has 0 saturated carbocycles. The summed E-state index contributed by atoms with van der Waals surface area (Å²) in [6.07, 6.45) is 1.97. The van der Waals surface area contributed by atoms with Crippen molar-refractivity contribution < 1.29 is 14.3 Å². The van der Waals surface area contributed by atoms with E-state index in [0.29, 0.717) is 17.3 Å². The van der Waals surface area contributed by atoms with Crippen LogP contribution in [0, 0.1) is 5.92 Å². The van der Waals surface area contributed by atoms with E-state index in [9.17, 15) is 9.59 Å². The number of carbonyl (C=O) groups is 2. The van der Waals surface area contributed by atoms with Crippen molar-refractivity contribution in [1.29, 1.82) is 0 Å². The fraction of sp³-hybridized carbons (Fsp3) is 0.292. The van der Waals surface area contributed by atoms with E-state index in [2.05, 4.69) is 12.0 Å². The number of aromatic nitrogens is 2. The van der Waals surface area contributed by atoms with Crippen molar-refractivity contribution in [3.05, 3.63) is 72.4 Å². The van der Waals surface area contributed by atoms with Crippen molar-refractivity contribution in [1.82, 2.24) is 14.7 Å². The second-order valence-corrected chi connectivity index (χ2v) is 7.67. The molecule has 30 heavy (non-hydrogen) atoms. The van der Waals surface area contributed by atoms with E-state index in [-0.39, 0.29) is 12.5 Å². The monoisotopic (exact) mass is 403 g/mol. The summed E-state index contributed by atoms with van der Waals surface area (Å²) in [5.74, 6) is -0.0789. The topological polar surface area (TPSA) is 64.4 Å². The van der Waals surface area contributed by atoms with E-state index in [0.717, 1.165) is 37.2 Å². The summed E-state index contributed by atoms with van der Waals surface area (Å²) in [5.41, 5.74) is 2.62. The fourth-order valence-electron chi connectivity index (χ4n) is 3.59. The van der Waals surface area contributed by atoms with Gasteiger partial charge in [0.25, 0.3) is 5.91 Å². The minimum atomic E-state index is -0.563. The molecule has 4 rings (SSSR count). The van der Waals surface area contributed by atoms with Gasteiger partial charge >= 0.3 is 5.97 Å². The van der Waals surface area contributed by atoms with Gasteiger partial charge in [-0.1, -0.05) is 55.5 Å². The first-order chi connectivity index (χ1) is 14.6. The van der Waals surface area contributed by atoms with Gasteiger partial charge in [-0.25, -0.2) is 9.48 Å². The Morgan fingerprint density at radius 2 is 1.63 bits per heavy atom. The third-order valence-corrected chi connectivity index (χ3v) is 5.45. The lowest BCUT2D eigenvalue weighted by Crippen LogP contribution is -2.40. The summed E-state index contributed by atoms with van der Waals surface area (Å²) in [6, 6.07) is 20.8. The van der Waals surface area contributed by atoms with Gasteiger partial charge in [-0.3, -0.25) is 4.79 Å². The number of carbonyl (C=O) groups excluding carboxylic acids is 2. The maximum absolute atomic E-state index is 12.9. The molecule has 1 fully saturated rings. The maximum atomic E-state index is 12.9. The van der Waals surface area contributed by atoms with Gasteiger partial charge in [-0.15, -0.1) is 0 Å². The first kappa shape index (κ1) is 19.9. The van der Waals surface area contributed by atoms with E-state index in [1.54, 1.807) is 15.6 Å². The largest absolute Gasteiger partial charge is 0.451 e. The number of hydrogen-bond acceptors (Lipinski definition) is 4. The number of para-hydroxylation sites is 1. The molecule has 0 atom stereocenters. The second kappa shape index (κ2) is 8.95. The number of benzene rings is 2. The van der Waals surface area contributed by atoms with Crippen molar-refractivity contribution in [3.8, 4) is 16.9 Å². The Morgan fingerprint density at radius 3 is 2.30 bits per heavy atom. The Kier molecular flexibility index (Phi) is 5.93. The van der Waals surface area contributed by atoms with Crippen molar-refractivity contribution in [2.24, 2.45) is 5.92 Å². The molecule has 1 aliphatic heterocycles. The van der Waals surface area contributed by atoms with Crippen LogP contribution < -0.4 is 0 Å². The predicted molar refractivity (Wildman–Crippen MR) is 114 cm³/mol. The molecule has 2 aromatic carbocycles. The lowest BCUT2D eigenvalue weighted by atomic mass is 9.99. The van der Waals surface area contributed by atoms with Gasteiger partial charge in [0.1, 0.15) is 0 Å². The molecule has 0 N–H and O–H groups in total. The van der Waals surface area contributed by atoms with Gasteiger partial charge in [0.05, 0.1) is 11.4 Å². The first-order valence-electron chi connectivity index (χ1n) is 10.3. The van der Waals surface area contributed by atoms with Crippen LogP contribution in [0.5, 0.6) is 0 Å². The van der Waals surface area contributed by atoms with E-state index in [1.807, 2.05) is 60.7 Å². The van der Waals surface area contributed by atoms with Gasteiger partial charge in [-0.2, -0.15) is 5.10 Å². The summed E-state index contributed by atoms with van der Waals surface area (Å²) in [6.45, 7) is 3.38. The normalized spacial score (nSPS) is 14.5. The molecule has 1 amide bonds. The maximum Gasteiger partial charge on any atom is 0.357 e. The molecule has 6 nitrogen and oxygen atoms in total. The molecule has 0 spiro atoms. The van der Waals surface area contributed by atoms with Gasteiger partial charge < -0.3 is 9.64 Å². The van der Waals surface area contributed by atoms with Crippen molar-refractivity contribution in [2.45, 2.75) is 19.8 Å². The number of hydrogen-bond donors (Lipinski definition) is 0. The third kappa shape index (κ3) is 4.43. The summed E-state index contributed by atoms with van der Waals surface area (Å²) >= 11 is 0. The zero-order chi connectivity index (χ0) is 20.9. The molecule has 154 valence electrons. The van der Waals surface area contributed by atoms with E-state index in [1.165, 1.54) is 0 Å². The molecule has 0 unspecified atom stereocenters. The lowest BCUT2D eigenvalue weighted by molar-refractivity contribution is -0.135. The van der Waals surface area contributed by atoms with Crippen molar-refractivity contribution >= 4 is 11.9 Å². The number of nitrogens with zero attached hydrogens (tertiary/aromatic N) is 3. The van der Waals surface area contributed by atoms with Crippen LogP contribution in [0.4, 0.5) is 0 Å². The summed E-state index contributed by atoms with van der Waals surface area (Å²) in [7, 11) is 0. The Balaban J connectivity index is 1.54. The predicted octanol–water partition coefficient (Wildman–Crippen LogP) is 3.95. The Labute approximate surface area is 176 Å². The minimum absolute atomic E-state index is 0.149. The first-order valence-corrected chi connectivity index (χ1v) is 10.3. The van der Waals surface area contributed by atoms with E-state index in [4.69, 9.17) is 4.74 Å². The molecule has 0 radical (unpaired) electrons. The van der Waals surface area contributed by atoms with Gasteiger partial charge in [0, 0.05) is 18.7 Å². The Bertz CT molecular complexity index is 1010. The highest BCUT2D eigenvalue weighted by molar-refractivity contribution is 5.91. The van der Waals surface area contributed by atoms with Crippen LogP contribution in [0.2, 0.25) is 0 Å². The number of rotatable bonds is 5. The van der Waals surface area contributed by atoms with Gasteiger partial charge in [0.15, 0.2) is 12.3 Å².